The van der Waals surface area contributed by atoms with E-state index in [1.807, 2.05) is 0 Å². The first-order chi connectivity index (χ1) is 3.89. The van der Waals surface area contributed by atoms with Gasteiger partial charge in [0, 0.05) is 6.61 Å². The molecular formula is C7H12O. The Hall–Kier alpha value is -0.300. The van der Waals surface area contributed by atoms with Crippen LogP contribution >= 0.6 is 0 Å². The summed E-state index contributed by atoms with van der Waals surface area (Å²) in [5, 5.41) is 0. The summed E-state index contributed by atoms with van der Waals surface area (Å²) in [6.07, 6.45) is 4.58. The Balaban J connectivity index is 2.36. The van der Waals surface area contributed by atoms with Gasteiger partial charge in [-0.05, 0) is 19.8 Å². The van der Waals surface area contributed by atoms with Crippen LogP contribution < -0.4 is 0 Å². The summed E-state index contributed by atoms with van der Waals surface area (Å²) in [5.74, 6) is 0. The molecule has 0 unspecified atom stereocenters. The molecule has 0 fully saturated rings. The molecule has 1 heteroatoms. The van der Waals surface area contributed by atoms with Crippen molar-refractivity contribution in [1.82, 2.24) is 0 Å². The van der Waals surface area contributed by atoms with Gasteiger partial charge in [0.25, 0.3) is 0 Å². The SMILES string of the molecule is CC1=CCOCCC1. The van der Waals surface area contributed by atoms with Crippen molar-refractivity contribution in [2.24, 2.45) is 0 Å². The zero-order chi connectivity index (χ0) is 5.82. The second kappa shape index (κ2) is 2.88. The normalized spacial score (nSPS) is 21.9. The van der Waals surface area contributed by atoms with E-state index in [2.05, 4.69) is 13.0 Å². The lowest BCUT2D eigenvalue weighted by Gasteiger charge is -1.92. The Bertz CT molecular complexity index is 94.6. The zero-order valence-corrected chi connectivity index (χ0v) is 5.31. The van der Waals surface area contributed by atoms with Crippen LogP contribution in [0.25, 0.3) is 0 Å². The van der Waals surface area contributed by atoms with Gasteiger partial charge in [-0.15, -0.1) is 0 Å². The molecule has 0 amide bonds. The molecule has 1 aliphatic heterocycles. The van der Waals surface area contributed by atoms with Crippen LogP contribution in [0, 0.1) is 0 Å². The van der Waals surface area contributed by atoms with Gasteiger partial charge in [0.2, 0.25) is 0 Å². The highest BCUT2D eigenvalue weighted by Crippen LogP contribution is 2.06. The molecule has 0 spiro atoms. The Labute approximate surface area is 50.3 Å². The maximum absolute atomic E-state index is 5.19. The second-order valence-corrected chi connectivity index (χ2v) is 2.23. The third kappa shape index (κ3) is 1.66. The molecule has 0 atom stereocenters. The van der Waals surface area contributed by atoms with Gasteiger partial charge in [-0.2, -0.15) is 0 Å². The first kappa shape index (κ1) is 5.83. The summed E-state index contributed by atoms with van der Waals surface area (Å²) < 4.78 is 5.19. The van der Waals surface area contributed by atoms with Crippen molar-refractivity contribution in [2.75, 3.05) is 13.2 Å². The quantitative estimate of drug-likeness (QED) is 0.434. The minimum atomic E-state index is 0.825. The monoisotopic (exact) mass is 112 g/mol. The van der Waals surface area contributed by atoms with Gasteiger partial charge < -0.3 is 4.74 Å². The Morgan fingerprint density at radius 1 is 1.62 bits per heavy atom. The lowest BCUT2D eigenvalue weighted by Crippen LogP contribution is -1.88. The first-order valence-corrected chi connectivity index (χ1v) is 3.13. The Morgan fingerprint density at radius 2 is 2.50 bits per heavy atom. The number of allylic oxidation sites excluding steroid dienone is 1. The molecule has 8 heavy (non-hydrogen) atoms. The van der Waals surface area contributed by atoms with Crippen LogP contribution in [-0.2, 0) is 4.74 Å². The highest BCUT2D eigenvalue weighted by Gasteiger charge is 1.95. The van der Waals surface area contributed by atoms with Crippen LogP contribution in [0.5, 0.6) is 0 Å². The predicted octanol–water partition coefficient (Wildman–Crippen LogP) is 1.74. The number of hydrogen-bond acceptors (Lipinski definition) is 1. The highest BCUT2D eigenvalue weighted by molar-refractivity contribution is 4.98. The molecule has 0 aromatic heterocycles. The number of hydrogen-bond donors (Lipinski definition) is 0. The van der Waals surface area contributed by atoms with Gasteiger partial charge in [0.15, 0.2) is 0 Å². The summed E-state index contributed by atoms with van der Waals surface area (Å²) in [5.41, 5.74) is 1.47. The Kier molecular flexibility index (Phi) is 2.10. The highest BCUT2D eigenvalue weighted by atomic mass is 16.5. The molecule has 0 aromatic carbocycles. The maximum atomic E-state index is 5.19. The van der Waals surface area contributed by atoms with Crippen molar-refractivity contribution < 1.29 is 4.74 Å². The third-order valence-electron chi connectivity index (χ3n) is 1.41. The van der Waals surface area contributed by atoms with Crippen LogP contribution in [0.15, 0.2) is 11.6 Å². The predicted molar refractivity (Wildman–Crippen MR) is 33.8 cm³/mol. The lowest BCUT2D eigenvalue weighted by atomic mass is 10.2. The summed E-state index contributed by atoms with van der Waals surface area (Å²) in [4.78, 5) is 0. The van der Waals surface area contributed by atoms with E-state index in [1.54, 1.807) is 0 Å². The fourth-order valence-corrected chi connectivity index (χ4v) is 0.840. The molecular weight excluding hydrogens is 100 g/mol. The molecule has 0 aromatic rings. The van der Waals surface area contributed by atoms with Crippen molar-refractivity contribution in [2.45, 2.75) is 19.8 Å². The molecule has 1 aliphatic rings. The standard InChI is InChI=1S/C7H12O/c1-7-3-2-5-8-6-4-7/h4H,2-3,5-6H2,1H3. The average Bonchev–Trinajstić information content (AvgIpc) is 1.94. The minimum absolute atomic E-state index is 0.825. The van der Waals surface area contributed by atoms with Gasteiger partial charge >= 0.3 is 0 Å². The third-order valence-corrected chi connectivity index (χ3v) is 1.41. The van der Waals surface area contributed by atoms with Crippen molar-refractivity contribution in [3.8, 4) is 0 Å². The van der Waals surface area contributed by atoms with Crippen LogP contribution in [0.2, 0.25) is 0 Å². The van der Waals surface area contributed by atoms with Gasteiger partial charge in [-0.3, -0.25) is 0 Å². The minimum Gasteiger partial charge on any atom is -0.377 e. The molecule has 1 rings (SSSR count). The molecule has 46 valence electrons. The smallest absolute Gasteiger partial charge is 0.0649 e. The lowest BCUT2D eigenvalue weighted by molar-refractivity contribution is 0.165. The summed E-state index contributed by atoms with van der Waals surface area (Å²) >= 11 is 0. The van der Waals surface area contributed by atoms with Crippen LogP contribution in [-0.4, -0.2) is 13.2 Å². The van der Waals surface area contributed by atoms with E-state index in [9.17, 15) is 0 Å². The van der Waals surface area contributed by atoms with Crippen molar-refractivity contribution in [3.63, 3.8) is 0 Å². The molecule has 0 bridgehead atoms. The van der Waals surface area contributed by atoms with Gasteiger partial charge in [0.1, 0.15) is 0 Å². The van der Waals surface area contributed by atoms with Gasteiger partial charge in [0.05, 0.1) is 6.61 Å². The molecule has 0 aliphatic carbocycles. The number of ether oxygens (including phenoxy) is 1. The molecule has 0 saturated heterocycles. The van der Waals surface area contributed by atoms with Crippen LogP contribution in [0.1, 0.15) is 19.8 Å². The zero-order valence-electron chi connectivity index (χ0n) is 5.31. The summed E-state index contributed by atoms with van der Waals surface area (Å²) in [6, 6.07) is 0. The van der Waals surface area contributed by atoms with E-state index in [4.69, 9.17) is 4.74 Å². The first-order valence-electron chi connectivity index (χ1n) is 3.13. The van der Waals surface area contributed by atoms with E-state index < -0.39 is 0 Å². The number of rotatable bonds is 0. The van der Waals surface area contributed by atoms with E-state index in [0.29, 0.717) is 0 Å². The average molecular weight is 112 g/mol. The van der Waals surface area contributed by atoms with E-state index in [0.717, 1.165) is 13.2 Å². The fourth-order valence-electron chi connectivity index (χ4n) is 0.840. The largest absolute Gasteiger partial charge is 0.377 e. The Morgan fingerprint density at radius 3 is 3.38 bits per heavy atom. The maximum Gasteiger partial charge on any atom is 0.0649 e. The van der Waals surface area contributed by atoms with Crippen LogP contribution in [0.4, 0.5) is 0 Å². The fraction of sp³-hybridized carbons (Fsp3) is 0.714. The van der Waals surface area contributed by atoms with E-state index in [-0.39, 0.29) is 0 Å². The second-order valence-electron chi connectivity index (χ2n) is 2.23. The van der Waals surface area contributed by atoms with E-state index in [1.165, 1.54) is 18.4 Å². The molecule has 0 saturated carbocycles. The van der Waals surface area contributed by atoms with Crippen molar-refractivity contribution in [3.05, 3.63) is 11.6 Å². The topological polar surface area (TPSA) is 9.23 Å². The van der Waals surface area contributed by atoms with E-state index >= 15 is 0 Å². The van der Waals surface area contributed by atoms with Crippen molar-refractivity contribution in [1.29, 1.82) is 0 Å². The molecule has 1 nitrogen and oxygen atoms in total. The molecule has 0 N–H and O–H groups in total. The summed E-state index contributed by atoms with van der Waals surface area (Å²) in [7, 11) is 0. The molecule has 0 radical (unpaired) electrons. The van der Waals surface area contributed by atoms with Crippen molar-refractivity contribution >= 4 is 0 Å². The van der Waals surface area contributed by atoms with Gasteiger partial charge in [-0.25, -0.2) is 0 Å². The van der Waals surface area contributed by atoms with Crippen LogP contribution in [0.3, 0.4) is 0 Å². The van der Waals surface area contributed by atoms with Gasteiger partial charge in [-0.1, -0.05) is 11.6 Å². The molecule has 1 heterocycles. The summed E-state index contributed by atoms with van der Waals surface area (Å²) in [6.45, 7) is 3.92.